The van der Waals surface area contributed by atoms with Gasteiger partial charge in [0.25, 0.3) is 0 Å². The molecule has 106 valence electrons. The summed E-state index contributed by atoms with van der Waals surface area (Å²) in [5.74, 6) is 1.71. The molecule has 8 nitrogen and oxygen atoms in total. The summed E-state index contributed by atoms with van der Waals surface area (Å²) in [6.07, 6.45) is 0. The lowest BCUT2D eigenvalue weighted by Gasteiger charge is -2.09. The van der Waals surface area contributed by atoms with Crippen molar-refractivity contribution in [3.63, 3.8) is 0 Å². The van der Waals surface area contributed by atoms with Gasteiger partial charge >= 0.3 is 5.69 Å². The topological polar surface area (TPSA) is 101 Å². The first-order valence-corrected chi connectivity index (χ1v) is 5.81. The number of hydrogen-bond acceptors (Lipinski definition) is 7. The number of H-pyrrole nitrogens is 1. The molecule has 0 bridgehead atoms. The number of methoxy groups -OCH3 is 2. The highest BCUT2D eigenvalue weighted by Gasteiger charge is 2.09. The third kappa shape index (κ3) is 2.86. The summed E-state index contributed by atoms with van der Waals surface area (Å²) in [5, 5.41) is 0. The van der Waals surface area contributed by atoms with E-state index in [0.29, 0.717) is 22.9 Å². The molecule has 0 amide bonds. The van der Waals surface area contributed by atoms with Gasteiger partial charge in [-0.25, -0.2) is 10.2 Å². The Hall–Kier alpha value is -2.61. The van der Waals surface area contributed by atoms with E-state index < -0.39 is 5.69 Å². The fraction of sp³-hybridized carbons (Fsp3) is 0.250. The van der Waals surface area contributed by atoms with Gasteiger partial charge in [0.15, 0.2) is 11.5 Å². The van der Waals surface area contributed by atoms with Gasteiger partial charge in [-0.3, -0.25) is 10.4 Å². The first-order valence-electron chi connectivity index (χ1n) is 5.81. The largest absolute Gasteiger partial charge is 0.493 e. The molecular formula is C12H15N5O3. The molecule has 1 aromatic carbocycles. The highest BCUT2D eigenvalue weighted by atomic mass is 16.5. The van der Waals surface area contributed by atoms with Gasteiger partial charge in [-0.05, 0) is 18.2 Å². The summed E-state index contributed by atoms with van der Waals surface area (Å²) in [4.78, 5) is 21.9. The van der Waals surface area contributed by atoms with E-state index in [2.05, 4.69) is 25.8 Å². The average Bonchev–Trinajstić information content (AvgIpc) is 2.46. The van der Waals surface area contributed by atoms with Crippen molar-refractivity contribution in [3.05, 3.63) is 28.7 Å². The lowest BCUT2D eigenvalue weighted by atomic mass is 10.2. The van der Waals surface area contributed by atoms with E-state index in [4.69, 9.17) is 9.47 Å². The first kappa shape index (κ1) is 13.8. The molecule has 0 atom stereocenters. The minimum Gasteiger partial charge on any atom is -0.493 e. The minimum absolute atomic E-state index is 0.182. The van der Waals surface area contributed by atoms with Crippen molar-refractivity contribution in [1.29, 1.82) is 0 Å². The van der Waals surface area contributed by atoms with Crippen LogP contribution in [0.3, 0.4) is 0 Å². The summed E-state index contributed by atoms with van der Waals surface area (Å²) >= 11 is 0. The zero-order valence-electron chi connectivity index (χ0n) is 11.4. The molecular weight excluding hydrogens is 262 g/mol. The maximum absolute atomic E-state index is 11.5. The quantitative estimate of drug-likeness (QED) is 0.680. The van der Waals surface area contributed by atoms with Crippen molar-refractivity contribution in [1.82, 2.24) is 20.4 Å². The molecule has 0 saturated heterocycles. The van der Waals surface area contributed by atoms with Gasteiger partial charge in [0, 0.05) is 12.6 Å². The predicted octanol–water partition coefficient (Wildman–Crippen LogP) is 0.395. The Kier molecular flexibility index (Phi) is 4.16. The molecule has 3 N–H and O–H groups in total. The number of aromatic amines is 1. The number of rotatable bonds is 5. The van der Waals surface area contributed by atoms with Crippen LogP contribution in [0.25, 0.3) is 11.4 Å². The first-order chi connectivity index (χ1) is 9.67. The smallest absolute Gasteiger partial charge is 0.349 e. The molecule has 1 heterocycles. The number of hydrogen-bond donors (Lipinski definition) is 3. The average molecular weight is 277 g/mol. The van der Waals surface area contributed by atoms with Gasteiger partial charge in [0.05, 0.1) is 14.2 Å². The molecule has 0 radical (unpaired) electrons. The van der Waals surface area contributed by atoms with Crippen LogP contribution < -0.4 is 26.0 Å². The van der Waals surface area contributed by atoms with Crippen molar-refractivity contribution in [2.45, 2.75) is 0 Å². The lowest BCUT2D eigenvalue weighted by Crippen LogP contribution is -2.22. The standard InChI is InChI=1S/C12H15N5O3/c1-13-17-11-14-10(15-12(18)16-11)7-4-5-8(19-2)9(6-7)20-3/h4-6,13H,1-3H3,(H2,14,15,16,17,18). The van der Waals surface area contributed by atoms with Crippen LogP contribution in [0.4, 0.5) is 5.95 Å². The molecule has 20 heavy (non-hydrogen) atoms. The number of benzene rings is 1. The van der Waals surface area contributed by atoms with E-state index >= 15 is 0 Å². The third-order valence-electron chi connectivity index (χ3n) is 2.54. The number of hydrazine groups is 1. The van der Waals surface area contributed by atoms with Crippen molar-refractivity contribution >= 4 is 5.95 Å². The molecule has 0 aliphatic rings. The van der Waals surface area contributed by atoms with Gasteiger partial charge in [-0.1, -0.05) is 0 Å². The fourth-order valence-corrected chi connectivity index (χ4v) is 1.67. The second-order valence-corrected chi connectivity index (χ2v) is 3.77. The van der Waals surface area contributed by atoms with Crippen LogP contribution in [0.2, 0.25) is 0 Å². The van der Waals surface area contributed by atoms with E-state index in [0.717, 1.165) is 0 Å². The highest BCUT2D eigenvalue weighted by Crippen LogP contribution is 2.30. The van der Waals surface area contributed by atoms with Crippen molar-refractivity contribution in [2.24, 2.45) is 0 Å². The summed E-state index contributed by atoms with van der Waals surface area (Å²) in [6, 6.07) is 5.23. The Balaban J connectivity index is 2.48. The zero-order valence-corrected chi connectivity index (χ0v) is 11.4. The van der Waals surface area contributed by atoms with Crippen LogP contribution in [-0.4, -0.2) is 36.2 Å². The third-order valence-corrected chi connectivity index (χ3v) is 2.54. The Morgan fingerprint density at radius 2 is 1.90 bits per heavy atom. The summed E-state index contributed by atoms with van der Waals surface area (Å²) in [7, 11) is 4.75. The lowest BCUT2D eigenvalue weighted by molar-refractivity contribution is 0.355. The predicted molar refractivity (Wildman–Crippen MR) is 73.9 cm³/mol. The minimum atomic E-state index is -0.498. The SMILES string of the molecule is CNNc1nc(-c2ccc(OC)c(OC)c2)[nH]c(=O)n1. The Morgan fingerprint density at radius 3 is 2.55 bits per heavy atom. The van der Waals surface area contributed by atoms with E-state index in [-0.39, 0.29) is 5.95 Å². The van der Waals surface area contributed by atoms with E-state index in [9.17, 15) is 4.79 Å². The molecule has 0 spiro atoms. The highest BCUT2D eigenvalue weighted by molar-refractivity contribution is 5.61. The van der Waals surface area contributed by atoms with Gasteiger partial charge in [-0.2, -0.15) is 9.97 Å². The van der Waals surface area contributed by atoms with Gasteiger partial charge in [-0.15, -0.1) is 0 Å². The number of ether oxygens (including phenoxy) is 2. The summed E-state index contributed by atoms with van der Waals surface area (Å²) in [6.45, 7) is 0. The molecule has 0 fully saturated rings. The molecule has 2 aromatic rings. The maximum Gasteiger partial charge on any atom is 0.349 e. The Morgan fingerprint density at radius 1 is 1.15 bits per heavy atom. The maximum atomic E-state index is 11.5. The normalized spacial score (nSPS) is 10.2. The zero-order chi connectivity index (χ0) is 14.5. The second kappa shape index (κ2) is 6.02. The van der Waals surface area contributed by atoms with Crippen LogP contribution in [-0.2, 0) is 0 Å². The number of nitrogens with one attached hydrogen (secondary N) is 3. The van der Waals surface area contributed by atoms with Crippen LogP contribution in [0.1, 0.15) is 0 Å². The van der Waals surface area contributed by atoms with Crippen molar-refractivity contribution in [3.8, 4) is 22.9 Å². The number of aromatic nitrogens is 3. The summed E-state index contributed by atoms with van der Waals surface area (Å²) < 4.78 is 10.4. The molecule has 1 aromatic heterocycles. The van der Waals surface area contributed by atoms with Gasteiger partial charge in [0.1, 0.15) is 5.82 Å². The molecule has 0 saturated carbocycles. The monoisotopic (exact) mass is 277 g/mol. The Labute approximate surface area is 115 Å². The van der Waals surface area contributed by atoms with Crippen LogP contribution in [0.5, 0.6) is 11.5 Å². The molecule has 2 rings (SSSR count). The van der Waals surface area contributed by atoms with Gasteiger partial charge < -0.3 is 9.47 Å². The van der Waals surface area contributed by atoms with Crippen molar-refractivity contribution < 1.29 is 9.47 Å². The summed E-state index contributed by atoms with van der Waals surface area (Å²) in [5.41, 5.74) is 5.50. The van der Waals surface area contributed by atoms with E-state index in [1.165, 1.54) is 0 Å². The van der Waals surface area contributed by atoms with Crippen molar-refractivity contribution in [2.75, 3.05) is 26.7 Å². The van der Waals surface area contributed by atoms with Crippen LogP contribution in [0.15, 0.2) is 23.0 Å². The fourth-order valence-electron chi connectivity index (χ4n) is 1.67. The second-order valence-electron chi connectivity index (χ2n) is 3.77. The van der Waals surface area contributed by atoms with E-state index in [1.807, 2.05) is 0 Å². The Bertz CT molecular complexity index is 656. The number of anilines is 1. The molecule has 8 heteroatoms. The number of nitrogens with zero attached hydrogens (tertiary/aromatic N) is 2. The van der Waals surface area contributed by atoms with Gasteiger partial charge in [0.2, 0.25) is 5.95 Å². The molecule has 0 unspecified atom stereocenters. The van der Waals surface area contributed by atoms with E-state index in [1.54, 1.807) is 39.5 Å². The molecule has 0 aliphatic heterocycles. The van der Waals surface area contributed by atoms with Crippen LogP contribution in [0, 0.1) is 0 Å². The molecule has 0 aliphatic carbocycles. The van der Waals surface area contributed by atoms with Crippen LogP contribution >= 0.6 is 0 Å².